The van der Waals surface area contributed by atoms with Crippen molar-refractivity contribution in [3.05, 3.63) is 0 Å². The molecule has 0 aromatic heterocycles. The third-order valence-electron chi connectivity index (χ3n) is 2.13. The highest BCUT2D eigenvalue weighted by Crippen LogP contribution is 2.23. The van der Waals surface area contributed by atoms with E-state index >= 15 is 0 Å². The third kappa shape index (κ3) is 2.70. The summed E-state index contributed by atoms with van der Waals surface area (Å²) in [6.07, 6.45) is -1.43. The molecule has 0 bridgehead atoms. The molecule has 14 heavy (non-hydrogen) atoms. The van der Waals surface area contributed by atoms with Crippen molar-refractivity contribution >= 4 is 7.85 Å². The van der Waals surface area contributed by atoms with Crippen molar-refractivity contribution in [1.29, 1.82) is 0 Å². The van der Waals surface area contributed by atoms with Gasteiger partial charge in [0.15, 0.2) is 0 Å². The van der Waals surface area contributed by atoms with E-state index in [9.17, 15) is 5.11 Å². The summed E-state index contributed by atoms with van der Waals surface area (Å²) in [7, 11) is 7.13. The molecular formula is C9H17BO4. The largest absolute Gasteiger partial charge is 0.388 e. The van der Waals surface area contributed by atoms with Crippen LogP contribution in [0.25, 0.3) is 0 Å². The molecule has 1 rings (SSSR count). The molecule has 1 saturated heterocycles. The molecule has 4 atom stereocenters. The topological polar surface area (TPSA) is 47.9 Å². The lowest BCUT2D eigenvalue weighted by Gasteiger charge is -2.22. The van der Waals surface area contributed by atoms with E-state index in [0.29, 0.717) is 6.61 Å². The van der Waals surface area contributed by atoms with Crippen LogP contribution in [0.4, 0.5) is 0 Å². The van der Waals surface area contributed by atoms with E-state index in [1.54, 1.807) is 7.11 Å². The Labute approximate surface area is 85.9 Å². The first kappa shape index (κ1) is 12.0. The number of ether oxygens (including phenoxy) is 3. The first-order valence-electron chi connectivity index (χ1n) is 4.79. The molecule has 1 heterocycles. The SMILES string of the molecule is [B][C@@H]1O[C@H](COC)[C@H](OC(C)C)C1O. The number of methoxy groups -OCH3 is 1. The first-order chi connectivity index (χ1) is 6.56. The van der Waals surface area contributed by atoms with Crippen molar-refractivity contribution in [1.82, 2.24) is 0 Å². The molecule has 0 saturated carbocycles. The van der Waals surface area contributed by atoms with E-state index in [-0.39, 0.29) is 12.2 Å². The van der Waals surface area contributed by atoms with Gasteiger partial charge in [-0.2, -0.15) is 0 Å². The molecule has 80 valence electrons. The molecule has 4 nitrogen and oxygen atoms in total. The van der Waals surface area contributed by atoms with Gasteiger partial charge in [0.1, 0.15) is 26.2 Å². The average Bonchev–Trinajstić information content (AvgIpc) is 2.33. The molecule has 2 radical (unpaired) electrons. The molecule has 1 unspecified atom stereocenters. The Kier molecular flexibility index (Phi) is 4.38. The predicted octanol–water partition coefficient (Wildman–Crippen LogP) is -0.319. The summed E-state index contributed by atoms with van der Waals surface area (Å²) >= 11 is 0. The lowest BCUT2D eigenvalue weighted by atomic mass is 9.93. The van der Waals surface area contributed by atoms with E-state index in [2.05, 4.69) is 0 Å². The third-order valence-corrected chi connectivity index (χ3v) is 2.13. The van der Waals surface area contributed by atoms with Gasteiger partial charge in [-0.15, -0.1) is 0 Å². The number of aliphatic hydroxyl groups excluding tert-OH is 1. The molecule has 0 aromatic rings. The minimum absolute atomic E-state index is 0.0305. The minimum atomic E-state index is -0.780. The van der Waals surface area contributed by atoms with E-state index < -0.39 is 18.2 Å². The summed E-state index contributed by atoms with van der Waals surface area (Å²) in [5, 5.41) is 9.67. The second kappa shape index (κ2) is 5.12. The van der Waals surface area contributed by atoms with E-state index in [1.807, 2.05) is 13.8 Å². The Morgan fingerprint density at radius 1 is 1.50 bits per heavy atom. The maximum Gasteiger partial charge on any atom is 0.114 e. The van der Waals surface area contributed by atoms with Gasteiger partial charge in [0.2, 0.25) is 0 Å². The van der Waals surface area contributed by atoms with Crippen LogP contribution in [0.5, 0.6) is 0 Å². The monoisotopic (exact) mass is 200 g/mol. The molecule has 1 N–H and O–H groups in total. The highest BCUT2D eigenvalue weighted by molar-refractivity contribution is 6.11. The van der Waals surface area contributed by atoms with Crippen LogP contribution in [0.3, 0.4) is 0 Å². The minimum Gasteiger partial charge on any atom is -0.388 e. The maximum atomic E-state index is 9.67. The Morgan fingerprint density at radius 2 is 2.14 bits per heavy atom. The van der Waals surface area contributed by atoms with Crippen molar-refractivity contribution in [2.45, 2.75) is 44.3 Å². The van der Waals surface area contributed by atoms with Crippen LogP contribution in [0.15, 0.2) is 0 Å². The van der Waals surface area contributed by atoms with Gasteiger partial charge in [-0.1, -0.05) is 0 Å². The Bertz CT molecular complexity index is 176. The van der Waals surface area contributed by atoms with E-state index in [0.717, 1.165) is 0 Å². The van der Waals surface area contributed by atoms with Gasteiger partial charge in [-0.3, -0.25) is 0 Å². The van der Waals surface area contributed by atoms with Crippen LogP contribution in [-0.4, -0.2) is 57.1 Å². The summed E-state index contributed by atoms with van der Waals surface area (Å²) in [6.45, 7) is 4.18. The molecule has 5 heteroatoms. The summed E-state index contributed by atoms with van der Waals surface area (Å²) in [6, 6.07) is -0.682. The quantitative estimate of drug-likeness (QED) is 0.632. The molecule has 1 aliphatic heterocycles. The zero-order valence-electron chi connectivity index (χ0n) is 8.84. The summed E-state index contributed by atoms with van der Waals surface area (Å²) < 4.78 is 15.8. The van der Waals surface area contributed by atoms with Crippen LogP contribution in [0, 0.1) is 0 Å². The van der Waals surface area contributed by atoms with Crippen LogP contribution in [-0.2, 0) is 14.2 Å². The maximum absolute atomic E-state index is 9.67. The van der Waals surface area contributed by atoms with Crippen LogP contribution in [0.1, 0.15) is 13.8 Å². The van der Waals surface area contributed by atoms with Crippen LogP contribution < -0.4 is 0 Å². The van der Waals surface area contributed by atoms with Crippen molar-refractivity contribution in [2.75, 3.05) is 13.7 Å². The standard InChI is InChI=1S/C9H17BO4/c1-5(2)13-8-6(4-12-3)14-9(10)7(8)11/h5-9,11H,4H2,1-3H3/t6-,7?,8+,9-/m1/s1. The number of hydrogen-bond acceptors (Lipinski definition) is 4. The van der Waals surface area contributed by atoms with Gasteiger partial charge in [0, 0.05) is 13.1 Å². The number of aliphatic hydroxyl groups is 1. The zero-order chi connectivity index (χ0) is 10.7. The Balaban J connectivity index is 2.56. The summed E-state index contributed by atoms with van der Waals surface area (Å²) in [5.41, 5.74) is 0. The predicted molar refractivity (Wildman–Crippen MR) is 52.3 cm³/mol. The highest BCUT2D eigenvalue weighted by atomic mass is 16.6. The van der Waals surface area contributed by atoms with Gasteiger partial charge in [0.05, 0.1) is 12.7 Å². The van der Waals surface area contributed by atoms with E-state index in [1.165, 1.54) is 0 Å². The lowest BCUT2D eigenvalue weighted by Crippen LogP contribution is -2.38. The Hall–Kier alpha value is -0.0951. The summed E-state index contributed by atoms with van der Waals surface area (Å²) in [5.74, 6) is 0. The second-order valence-electron chi connectivity index (χ2n) is 3.73. The molecule has 1 aliphatic rings. The molecule has 0 amide bonds. The van der Waals surface area contributed by atoms with Crippen molar-refractivity contribution in [2.24, 2.45) is 0 Å². The fourth-order valence-electron chi connectivity index (χ4n) is 1.55. The number of rotatable bonds is 4. The van der Waals surface area contributed by atoms with Crippen LogP contribution >= 0.6 is 0 Å². The van der Waals surface area contributed by atoms with Gasteiger partial charge >= 0.3 is 0 Å². The van der Waals surface area contributed by atoms with Gasteiger partial charge in [-0.05, 0) is 13.8 Å². The van der Waals surface area contributed by atoms with Crippen molar-refractivity contribution in [3.8, 4) is 0 Å². The Morgan fingerprint density at radius 3 is 2.64 bits per heavy atom. The van der Waals surface area contributed by atoms with E-state index in [4.69, 9.17) is 22.1 Å². The van der Waals surface area contributed by atoms with Gasteiger partial charge < -0.3 is 19.3 Å². The molecule has 1 fully saturated rings. The fourth-order valence-corrected chi connectivity index (χ4v) is 1.55. The van der Waals surface area contributed by atoms with Crippen molar-refractivity contribution in [3.63, 3.8) is 0 Å². The summed E-state index contributed by atoms with van der Waals surface area (Å²) in [4.78, 5) is 0. The lowest BCUT2D eigenvalue weighted by molar-refractivity contribution is -0.0818. The van der Waals surface area contributed by atoms with Gasteiger partial charge in [-0.25, -0.2) is 0 Å². The molecule has 0 aliphatic carbocycles. The molecule has 0 aromatic carbocycles. The first-order valence-corrected chi connectivity index (χ1v) is 4.79. The zero-order valence-corrected chi connectivity index (χ0v) is 8.84. The van der Waals surface area contributed by atoms with Gasteiger partial charge in [0.25, 0.3) is 0 Å². The normalized spacial score (nSPS) is 38.1. The fraction of sp³-hybridized carbons (Fsp3) is 1.00. The second-order valence-corrected chi connectivity index (χ2v) is 3.73. The van der Waals surface area contributed by atoms with Crippen LogP contribution in [0.2, 0.25) is 0 Å². The molecular weight excluding hydrogens is 183 g/mol. The highest BCUT2D eigenvalue weighted by Gasteiger charge is 2.42. The smallest absolute Gasteiger partial charge is 0.114 e. The van der Waals surface area contributed by atoms with Crippen molar-refractivity contribution < 1.29 is 19.3 Å². The molecule has 0 spiro atoms. The number of hydrogen-bond donors (Lipinski definition) is 1. The average molecular weight is 200 g/mol.